The van der Waals surface area contributed by atoms with E-state index >= 15 is 0 Å². The van der Waals surface area contributed by atoms with Crippen LogP contribution in [0.25, 0.3) is 0 Å². The molecule has 1 fully saturated rings. The van der Waals surface area contributed by atoms with Crippen LogP contribution in [0.5, 0.6) is 0 Å². The molecule has 1 aliphatic heterocycles. The minimum absolute atomic E-state index is 0.0874. The molecular weight excluding hydrogens is 148 g/mol. The second kappa shape index (κ2) is 2.86. The zero-order chi connectivity index (χ0) is 8.43. The Morgan fingerprint density at radius 2 is 2.36 bits per heavy atom. The van der Waals surface area contributed by atoms with Gasteiger partial charge in [-0.2, -0.15) is 0 Å². The van der Waals surface area contributed by atoms with Crippen molar-refractivity contribution in [1.29, 1.82) is 0 Å². The van der Waals surface area contributed by atoms with E-state index in [1.807, 2.05) is 0 Å². The summed E-state index contributed by atoms with van der Waals surface area (Å²) in [5.74, 6) is -0.227. The van der Waals surface area contributed by atoms with Crippen molar-refractivity contribution in [2.24, 2.45) is 5.92 Å². The summed E-state index contributed by atoms with van der Waals surface area (Å²) in [5, 5.41) is 12.8. The minimum atomic E-state index is -0.604. The van der Waals surface area contributed by atoms with Crippen molar-refractivity contribution in [3.05, 3.63) is 10.1 Å². The second-order valence-corrected chi connectivity index (χ2v) is 2.84. The standard InChI is InChI=1S/C6H10N2O3/c1-4-2-6(9)7-3-5(4)8(10)11/h4-5H,2-3H2,1H3,(H,7,9). The summed E-state index contributed by atoms with van der Waals surface area (Å²) in [6.45, 7) is 1.90. The molecule has 1 aliphatic rings. The van der Waals surface area contributed by atoms with Gasteiger partial charge in [0.15, 0.2) is 0 Å². The number of carbonyl (C=O) groups excluding carboxylic acids is 1. The number of carbonyl (C=O) groups is 1. The first-order valence-electron chi connectivity index (χ1n) is 3.51. The van der Waals surface area contributed by atoms with Crippen LogP contribution < -0.4 is 5.32 Å². The zero-order valence-corrected chi connectivity index (χ0v) is 6.24. The van der Waals surface area contributed by atoms with Crippen LogP contribution in [0.4, 0.5) is 0 Å². The molecule has 1 heterocycles. The molecule has 11 heavy (non-hydrogen) atoms. The van der Waals surface area contributed by atoms with Gasteiger partial charge in [0, 0.05) is 17.3 Å². The zero-order valence-electron chi connectivity index (χ0n) is 6.24. The van der Waals surface area contributed by atoms with Gasteiger partial charge in [-0.25, -0.2) is 0 Å². The highest BCUT2D eigenvalue weighted by Crippen LogP contribution is 2.14. The molecule has 5 heteroatoms. The average Bonchev–Trinajstić information content (AvgIpc) is 1.85. The molecule has 1 amide bonds. The highest BCUT2D eigenvalue weighted by Gasteiger charge is 2.33. The maximum absolute atomic E-state index is 10.7. The van der Waals surface area contributed by atoms with E-state index in [2.05, 4.69) is 5.32 Å². The average molecular weight is 158 g/mol. The van der Waals surface area contributed by atoms with E-state index in [0.717, 1.165) is 0 Å². The molecule has 0 radical (unpaired) electrons. The lowest BCUT2D eigenvalue weighted by Gasteiger charge is -2.21. The van der Waals surface area contributed by atoms with E-state index < -0.39 is 6.04 Å². The van der Waals surface area contributed by atoms with Gasteiger partial charge in [0.05, 0.1) is 6.54 Å². The van der Waals surface area contributed by atoms with Crippen molar-refractivity contribution in [3.8, 4) is 0 Å². The lowest BCUT2D eigenvalue weighted by atomic mass is 9.95. The minimum Gasteiger partial charge on any atom is -0.349 e. The van der Waals surface area contributed by atoms with Crippen LogP contribution in [0.3, 0.4) is 0 Å². The smallest absolute Gasteiger partial charge is 0.233 e. The number of nitro groups is 1. The topological polar surface area (TPSA) is 72.2 Å². The quantitative estimate of drug-likeness (QED) is 0.424. The van der Waals surface area contributed by atoms with Gasteiger partial charge in [0.25, 0.3) is 0 Å². The van der Waals surface area contributed by atoms with Gasteiger partial charge in [0.2, 0.25) is 11.9 Å². The van der Waals surface area contributed by atoms with Crippen LogP contribution in [0, 0.1) is 16.0 Å². The molecule has 2 unspecified atom stereocenters. The second-order valence-electron chi connectivity index (χ2n) is 2.84. The van der Waals surface area contributed by atoms with E-state index in [-0.39, 0.29) is 29.7 Å². The highest BCUT2D eigenvalue weighted by molar-refractivity contribution is 5.77. The number of nitrogens with zero attached hydrogens (tertiary/aromatic N) is 1. The van der Waals surface area contributed by atoms with Gasteiger partial charge in [-0.05, 0) is 0 Å². The van der Waals surface area contributed by atoms with Crippen LogP contribution in [-0.4, -0.2) is 23.4 Å². The van der Waals surface area contributed by atoms with E-state index in [1.165, 1.54) is 0 Å². The van der Waals surface area contributed by atoms with Crippen molar-refractivity contribution in [2.45, 2.75) is 19.4 Å². The van der Waals surface area contributed by atoms with Crippen molar-refractivity contribution in [3.63, 3.8) is 0 Å². The Labute approximate surface area is 63.9 Å². The number of piperidine rings is 1. The molecule has 1 rings (SSSR count). The Hall–Kier alpha value is -1.13. The maximum atomic E-state index is 10.7. The molecule has 0 aromatic rings. The molecule has 1 saturated heterocycles. The Balaban J connectivity index is 2.57. The molecule has 0 saturated carbocycles. The summed E-state index contributed by atoms with van der Waals surface area (Å²) >= 11 is 0. The SMILES string of the molecule is CC1CC(=O)NCC1[N+](=O)[O-]. The molecule has 1 N–H and O–H groups in total. The monoisotopic (exact) mass is 158 g/mol. The number of nitrogens with one attached hydrogen (secondary N) is 1. The van der Waals surface area contributed by atoms with Crippen molar-refractivity contribution < 1.29 is 9.72 Å². The van der Waals surface area contributed by atoms with Crippen molar-refractivity contribution in [1.82, 2.24) is 5.32 Å². The number of amides is 1. The van der Waals surface area contributed by atoms with E-state index in [1.54, 1.807) is 6.92 Å². The molecule has 2 atom stereocenters. The third-order valence-electron chi connectivity index (χ3n) is 1.94. The van der Waals surface area contributed by atoms with Gasteiger partial charge < -0.3 is 5.32 Å². The maximum Gasteiger partial charge on any atom is 0.233 e. The fourth-order valence-electron chi connectivity index (χ4n) is 1.20. The predicted molar refractivity (Wildman–Crippen MR) is 37.6 cm³/mol. The van der Waals surface area contributed by atoms with Gasteiger partial charge in [-0.3, -0.25) is 14.9 Å². The highest BCUT2D eigenvalue weighted by atomic mass is 16.6. The van der Waals surface area contributed by atoms with Gasteiger partial charge in [0.1, 0.15) is 0 Å². The van der Waals surface area contributed by atoms with Crippen LogP contribution in [0.2, 0.25) is 0 Å². The fourth-order valence-corrected chi connectivity index (χ4v) is 1.20. The number of hydrogen-bond donors (Lipinski definition) is 1. The fraction of sp³-hybridized carbons (Fsp3) is 0.833. The van der Waals surface area contributed by atoms with E-state index in [4.69, 9.17) is 0 Å². The molecule has 0 aromatic heterocycles. The molecule has 0 spiro atoms. The van der Waals surface area contributed by atoms with Gasteiger partial charge in [-0.15, -0.1) is 0 Å². The van der Waals surface area contributed by atoms with E-state index in [0.29, 0.717) is 0 Å². The summed E-state index contributed by atoms with van der Waals surface area (Å²) in [6.07, 6.45) is 0.269. The molecule has 0 aromatic carbocycles. The predicted octanol–water partition coefficient (Wildman–Crippen LogP) is -0.212. The summed E-state index contributed by atoms with van der Waals surface area (Å²) in [5.41, 5.74) is 0. The number of rotatable bonds is 1. The number of hydrogen-bond acceptors (Lipinski definition) is 3. The Morgan fingerprint density at radius 1 is 1.73 bits per heavy atom. The summed E-state index contributed by atoms with van der Waals surface area (Å²) < 4.78 is 0. The lowest BCUT2D eigenvalue weighted by molar-refractivity contribution is -0.530. The Bertz CT molecular complexity index is 192. The molecule has 5 nitrogen and oxygen atoms in total. The summed E-state index contributed by atoms with van der Waals surface area (Å²) in [7, 11) is 0. The summed E-state index contributed by atoms with van der Waals surface area (Å²) in [6, 6.07) is -0.604. The van der Waals surface area contributed by atoms with Crippen molar-refractivity contribution in [2.75, 3.05) is 6.54 Å². The third-order valence-corrected chi connectivity index (χ3v) is 1.94. The molecule has 0 bridgehead atoms. The van der Waals surface area contributed by atoms with Crippen LogP contribution in [0.15, 0.2) is 0 Å². The molecule has 62 valence electrons. The lowest BCUT2D eigenvalue weighted by Crippen LogP contribution is -2.46. The summed E-state index contributed by atoms with van der Waals surface area (Å²) in [4.78, 5) is 20.7. The van der Waals surface area contributed by atoms with Crippen LogP contribution in [0.1, 0.15) is 13.3 Å². The van der Waals surface area contributed by atoms with Crippen LogP contribution in [-0.2, 0) is 4.79 Å². The van der Waals surface area contributed by atoms with Crippen LogP contribution >= 0.6 is 0 Å². The Morgan fingerprint density at radius 3 is 2.82 bits per heavy atom. The van der Waals surface area contributed by atoms with Gasteiger partial charge in [-0.1, -0.05) is 6.92 Å². The Kier molecular flexibility index (Phi) is 2.07. The first-order chi connectivity index (χ1) is 5.11. The third kappa shape index (κ3) is 1.66. The normalized spacial score (nSPS) is 31.2. The molecule has 0 aliphatic carbocycles. The largest absolute Gasteiger partial charge is 0.349 e. The first-order valence-corrected chi connectivity index (χ1v) is 3.51. The first kappa shape index (κ1) is 7.97. The van der Waals surface area contributed by atoms with Crippen molar-refractivity contribution >= 4 is 5.91 Å². The molecular formula is C6H10N2O3. The van der Waals surface area contributed by atoms with Gasteiger partial charge >= 0.3 is 0 Å². The van der Waals surface area contributed by atoms with E-state index in [9.17, 15) is 14.9 Å².